The van der Waals surface area contributed by atoms with E-state index in [0.717, 1.165) is 24.7 Å². The summed E-state index contributed by atoms with van der Waals surface area (Å²) in [7, 11) is -1.46. The smallest absolute Gasteiger partial charge is 0.184 e. The molecular weight excluding hydrogens is 430 g/mol. The number of oxime groups is 1. The molecule has 182 valence electrons. The summed E-state index contributed by atoms with van der Waals surface area (Å²) in [4.78, 5) is 5.38. The summed E-state index contributed by atoms with van der Waals surface area (Å²) >= 11 is 0. The summed E-state index contributed by atoms with van der Waals surface area (Å²) in [5.41, 5.74) is 3.36. The molecule has 3 unspecified atom stereocenters. The third kappa shape index (κ3) is 4.46. The van der Waals surface area contributed by atoms with Crippen molar-refractivity contribution in [3.8, 4) is 0 Å². The second-order valence-electron chi connectivity index (χ2n) is 13.4. The zero-order valence-corrected chi connectivity index (χ0v) is 24.1. The second kappa shape index (κ2) is 8.35. The van der Waals surface area contributed by atoms with E-state index in [2.05, 4.69) is 64.4 Å². The number of nitrogens with zero attached hydrogens (tertiary/aromatic N) is 1. The largest absolute Gasteiger partial charge is 0.414 e. The molecule has 0 saturated heterocycles. The van der Waals surface area contributed by atoms with E-state index < -0.39 is 16.6 Å². The van der Waals surface area contributed by atoms with E-state index >= 15 is 0 Å². The van der Waals surface area contributed by atoms with Gasteiger partial charge in [-0.2, -0.15) is 0 Å². The highest BCUT2D eigenvalue weighted by Gasteiger charge is 2.61. The maximum absolute atomic E-state index is 6.69. The monoisotopic (exact) mass is 477 g/mol. The van der Waals surface area contributed by atoms with Gasteiger partial charge in [-0.05, 0) is 107 Å². The Morgan fingerprint density at radius 3 is 2.19 bits per heavy atom. The molecule has 0 aromatic rings. The first kappa shape index (κ1) is 24.7. The van der Waals surface area contributed by atoms with Crippen LogP contribution in [0.3, 0.4) is 0 Å². The average molecular weight is 478 g/mol. The Labute approximate surface area is 198 Å². The Morgan fingerprint density at radius 1 is 0.906 bits per heavy atom. The number of hydrogen-bond donors (Lipinski definition) is 0. The van der Waals surface area contributed by atoms with Crippen LogP contribution in [0.2, 0.25) is 39.3 Å². The van der Waals surface area contributed by atoms with Crippen LogP contribution in [-0.4, -0.2) is 41.7 Å². The van der Waals surface area contributed by atoms with Gasteiger partial charge in [0, 0.05) is 11.5 Å². The van der Waals surface area contributed by atoms with Crippen molar-refractivity contribution in [1.29, 1.82) is 0 Å². The van der Waals surface area contributed by atoms with Gasteiger partial charge >= 0.3 is 0 Å². The zero-order chi connectivity index (χ0) is 23.5. The van der Waals surface area contributed by atoms with Crippen LogP contribution < -0.4 is 0 Å². The van der Waals surface area contributed by atoms with Crippen molar-refractivity contribution in [2.45, 2.75) is 110 Å². The predicted molar refractivity (Wildman–Crippen MR) is 138 cm³/mol. The number of allylic oxidation sites excluding steroid dienone is 1. The van der Waals surface area contributed by atoms with Gasteiger partial charge in [-0.1, -0.05) is 30.7 Å². The maximum Gasteiger partial charge on any atom is 0.184 e. The van der Waals surface area contributed by atoms with Gasteiger partial charge in [-0.25, -0.2) is 0 Å². The lowest BCUT2D eigenvalue weighted by atomic mass is 9.48. The van der Waals surface area contributed by atoms with E-state index in [0.29, 0.717) is 17.4 Å². The molecule has 32 heavy (non-hydrogen) atoms. The van der Waals surface area contributed by atoms with Crippen LogP contribution in [0.4, 0.5) is 0 Å². The van der Waals surface area contributed by atoms with Gasteiger partial charge in [0.25, 0.3) is 0 Å². The molecule has 4 nitrogen and oxygen atoms in total. The molecule has 7 atom stereocenters. The van der Waals surface area contributed by atoms with E-state index in [4.69, 9.17) is 13.7 Å². The van der Waals surface area contributed by atoms with Crippen molar-refractivity contribution < 1.29 is 13.7 Å². The van der Waals surface area contributed by atoms with Crippen molar-refractivity contribution in [2.75, 3.05) is 7.11 Å². The minimum absolute atomic E-state index is 0.112. The fourth-order valence-corrected chi connectivity index (χ4v) is 10.1. The first-order chi connectivity index (χ1) is 14.8. The number of fused-ring (bicyclic) bond motifs is 5. The highest BCUT2D eigenvalue weighted by atomic mass is 28.4. The molecule has 3 saturated carbocycles. The van der Waals surface area contributed by atoms with Crippen molar-refractivity contribution in [3.63, 3.8) is 0 Å². The molecule has 4 aliphatic rings. The van der Waals surface area contributed by atoms with Gasteiger partial charge in [-0.15, -0.1) is 0 Å². The van der Waals surface area contributed by atoms with Crippen molar-refractivity contribution in [2.24, 2.45) is 33.7 Å². The third-order valence-corrected chi connectivity index (χ3v) is 11.0. The molecule has 6 heteroatoms. The van der Waals surface area contributed by atoms with Gasteiger partial charge in [-0.3, -0.25) is 0 Å². The van der Waals surface area contributed by atoms with Crippen LogP contribution in [0.15, 0.2) is 16.8 Å². The van der Waals surface area contributed by atoms with Crippen LogP contribution in [0.1, 0.15) is 58.8 Å². The fraction of sp³-hybridized carbons (Fsp3) is 0.885. The quantitative estimate of drug-likeness (QED) is 0.243. The first-order valence-corrected chi connectivity index (χ1v) is 19.8. The van der Waals surface area contributed by atoms with E-state index in [1.165, 1.54) is 37.8 Å². The van der Waals surface area contributed by atoms with Gasteiger partial charge in [0.15, 0.2) is 16.6 Å². The maximum atomic E-state index is 6.69. The molecule has 0 spiro atoms. The molecule has 0 amide bonds. The number of rotatable bonds is 5. The van der Waals surface area contributed by atoms with Gasteiger partial charge in [0.1, 0.15) is 7.11 Å². The first-order valence-electron chi connectivity index (χ1n) is 12.9. The molecular formula is C26H47NO3Si2. The van der Waals surface area contributed by atoms with Crippen LogP contribution in [-0.2, 0) is 13.7 Å². The van der Waals surface area contributed by atoms with Gasteiger partial charge < -0.3 is 13.7 Å². The lowest BCUT2D eigenvalue weighted by Gasteiger charge is -2.57. The molecule has 3 fully saturated rings. The molecule has 4 aliphatic carbocycles. The van der Waals surface area contributed by atoms with Crippen LogP contribution >= 0.6 is 0 Å². The Bertz CT molecular complexity index is 783. The summed E-state index contributed by atoms with van der Waals surface area (Å²) in [6.07, 6.45) is 11.7. The van der Waals surface area contributed by atoms with Crippen molar-refractivity contribution in [3.05, 3.63) is 11.6 Å². The Kier molecular flexibility index (Phi) is 6.44. The predicted octanol–water partition coefficient (Wildman–Crippen LogP) is 7.00. The Balaban J connectivity index is 1.60. The fourth-order valence-electron chi connectivity index (χ4n) is 7.80. The highest BCUT2D eigenvalue weighted by molar-refractivity contribution is 6.70. The van der Waals surface area contributed by atoms with E-state index in [-0.39, 0.29) is 11.5 Å². The lowest BCUT2D eigenvalue weighted by Crippen LogP contribution is -2.51. The van der Waals surface area contributed by atoms with E-state index in [9.17, 15) is 0 Å². The number of hydrogen-bond acceptors (Lipinski definition) is 4. The molecule has 0 N–H and O–H groups in total. The average Bonchev–Trinajstić information content (AvgIpc) is 2.92. The van der Waals surface area contributed by atoms with Crippen LogP contribution in [0.5, 0.6) is 0 Å². The second-order valence-corrected chi connectivity index (χ2v) is 22.3. The highest BCUT2D eigenvalue weighted by Crippen LogP contribution is 2.64. The van der Waals surface area contributed by atoms with Crippen molar-refractivity contribution >= 4 is 22.3 Å². The third-order valence-electron chi connectivity index (χ3n) is 9.01. The Hall–Kier alpha value is -0.436. The molecule has 0 heterocycles. The van der Waals surface area contributed by atoms with Crippen LogP contribution in [0.25, 0.3) is 0 Å². The normalized spacial score (nSPS) is 43.3. The summed E-state index contributed by atoms with van der Waals surface area (Å²) in [6.45, 7) is 18.9. The minimum Gasteiger partial charge on any atom is -0.414 e. The van der Waals surface area contributed by atoms with Crippen molar-refractivity contribution in [1.82, 2.24) is 0 Å². The standard InChI is InChI=1S/C26H47NO3Si2/c1-25-14-12-19(29-31(4,5)6)16-18(25)10-11-20-21(25)13-15-26(2)22(20)17-23(24(26)27-28-3)30-32(7,8)9/h10,19-23H,11-17H2,1-9H3/t19-,20?,21?,22?,23-,25+,26+/m1/s1. The van der Waals surface area contributed by atoms with Gasteiger partial charge in [0.05, 0.1) is 11.8 Å². The Morgan fingerprint density at radius 2 is 1.56 bits per heavy atom. The minimum atomic E-state index is -1.66. The lowest BCUT2D eigenvalue weighted by molar-refractivity contribution is -0.0215. The molecule has 0 bridgehead atoms. The SMILES string of the molecule is CON=C1[C@H](O[Si](C)(C)C)CC2C3CC=C4C[C@H](O[Si](C)(C)C)CC[C@]4(C)C3CC[C@]12C. The van der Waals surface area contributed by atoms with E-state index in [1.54, 1.807) is 12.7 Å². The summed E-state index contributed by atoms with van der Waals surface area (Å²) < 4.78 is 13.2. The van der Waals surface area contributed by atoms with E-state index in [1.807, 2.05) is 0 Å². The molecule has 0 radical (unpaired) electrons. The molecule has 0 aliphatic heterocycles. The topological polar surface area (TPSA) is 40.0 Å². The van der Waals surface area contributed by atoms with Crippen LogP contribution in [0, 0.1) is 28.6 Å². The van der Waals surface area contributed by atoms with Gasteiger partial charge in [0.2, 0.25) is 0 Å². The zero-order valence-electron chi connectivity index (χ0n) is 22.1. The summed E-state index contributed by atoms with van der Waals surface area (Å²) in [5.74, 6) is 2.15. The summed E-state index contributed by atoms with van der Waals surface area (Å²) in [5, 5.41) is 4.61. The summed E-state index contributed by atoms with van der Waals surface area (Å²) in [6, 6.07) is 0. The molecule has 0 aromatic carbocycles. The molecule has 4 rings (SSSR count). The molecule has 0 aromatic heterocycles.